The predicted octanol–water partition coefficient (Wildman–Crippen LogP) is 16.4. The molecule has 0 spiro atoms. The Morgan fingerprint density at radius 3 is 1.78 bits per heavy atom. The first-order chi connectivity index (χ1) is 33.8. The molecule has 0 aliphatic heterocycles. The molecule has 2 aromatic heterocycles. The Kier molecular flexibility index (Phi) is 10.7. The quantitative estimate of drug-likeness (QED) is 0.162. The second-order valence-corrected chi connectivity index (χ2v) is 20.5. The second kappa shape index (κ2) is 18.0. The summed E-state index contributed by atoms with van der Waals surface area (Å²) in [7, 11) is 0. The number of phenolic OH excluding ortho intramolecular Hbond substituents is 1. The zero-order valence-corrected chi connectivity index (χ0v) is 41.9. The number of aryl methyl sites for hydroxylation is 1. The van der Waals surface area contributed by atoms with Gasteiger partial charge in [-0.25, -0.2) is 4.98 Å². The number of rotatable bonds is 7. The monoisotopic (exact) mass is 1060 g/mol. The molecule has 0 amide bonds. The summed E-state index contributed by atoms with van der Waals surface area (Å²) in [5.74, 6) is 0.417. The van der Waals surface area contributed by atoms with Crippen LogP contribution in [-0.4, -0.2) is 19.6 Å². The van der Waals surface area contributed by atoms with E-state index in [1.54, 1.807) is 30.3 Å². The van der Waals surface area contributed by atoms with Crippen LogP contribution in [0.4, 0.5) is 0 Å². The Morgan fingerprint density at radius 2 is 1.15 bits per heavy atom. The Labute approximate surface area is 420 Å². The smallest absolute Gasteiger partial charge is 0.148 e. The third-order valence-electron chi connectivity index (χ3n) is 12.6. The van der Waals surface area contributed by atoms with E-state index in [2.05, 4.69) is 129 Å². The normalized spacial score (nSPS) is 13.7. The molecule has 1 N–H and O–H groups in total. The summed E-state index contributed by atoms with van der Waals surface area (Å²) in [6.07, 6.45) is 1.83. The minimum Gasteiger partial charge on any atom is -0.507 e. The van der Waals surface area contributed by atoms with Gasteiger partial charge in [0, 0.05) is 52.4 Å². The van der Waals surface area contributed by atoms with Crippen LogP contribution in [0, 0.1) is 19.8 Å². The number of hydrogen-bond acceptors (Lipinski definition) is 3. The topological polar surface area (TPSA) is 50.9 Å². The van der Waals surface area contributed by atoms with Crippen molar-refractivity contribution >= 4 is 11.0 Å². The van der Waals surface area contributed by atoms with Crippen molar-refractivity contribution in [2.45, 2.75) is 92.3 Å². The summed E-state index contributed by atoms with van der Waals surface area (Å²) in [5, 5.41) is 12.5. The van der Waals surface area contributed by atoms with Crippen LogP contribution >= 0.6 is 0 Å². The molecule has 2 heterocycles. The number of aromatic hydroxyl groups is 1. The average Bonchev–Trinajstić information content (AvgIpc) is 3.72. The van der Waals surface area contributed by atoms with Crippen LogP contribution in [-0.2, 0) is 37.3 Å². The maximum Gasteiger partial charge on any atom is 0.148 e. The molecule has 0 saturated heterocycles. The number of aromatic nitrogens is 3. The number of nitrogens with zero attached hydrogens (tertiary/aromatic N) is 3. The van der Waals surface area contributed by atoms with Gasteiger partial charge in [0.1, 0.15) is 11.6 Å². The number of para-hydroxylation sites is 1. The molecule has 67 heavy (non-hydrogen) atoms. The fourth-order valence-electron chi connectivity index (χ4n) is 8.70. The maximum absolute atomic E-state index is 12.5. The molecule has 0 saturated carbocycles. The summed E-state index contributed by atoms with van der Waals surface area (Å²) in [5.41, 5.74) is 11.4. The second-order valence-electron chi connectivity index (χ2n) is 20.5. The van der Waals surface area contributed by atoms with E-state index in [4.69, 9.17) is 18.2 Å². The molecule has 0 unspecified atom stereocenters. The van der Waals surface area contributed by atoms with Crippen LogP contribution in [0.1, 0.15) is 98.4 Å². The molecule has 0 radical (unpaired) electrons. The van der Waals surface area contributed by atoms with Crippen molar-refractivity contribution in [3.8, 4) is 78.6 Å². The molecule has 0 bridgehead atoms. The summed E-state index contributed by atoms with van der Waals surface area (Å²) in [6, 6.07) is 53.2. The fourth-order valence-corrected chi connectivity index (χ4v) is 8.70. The molecule has 5 heteroatoms. The van der Waals surface area contributed by atoms with E-state index in [1.165, 1.54) is 6.07 Å². The van der Waals surface area contributed by atoms with E-state index < -0.39 is 19.1 Å². The first-order valence-corrected chi connectivity index (χ1v) is 22.6. The van der Waals surface area contributed by atoms with Crippen molar-refractivity contribution in [1.29, 1.82) is 0 Å². The number of benzene rings is 7. The van der Waals surface area contributed by atoms with Crippen LogP contribution in [0.5, 0.6) is 5.75 Å². The standard InChI is InChI=1S/C62H60N3O.Pt/c1-39-31-50(38-52(40(39)2)44-21-16-13-17-22-44)65-56-24-18-23-51(57(56)64-59(65)53-36-49(61(6,7)8)37-54(58(53)66)62(9,10)11)46-32-47(34-48(33-46)60(3,4)5)55-35-45(29-30-63-55)43-27-25-42(26-28-43)41-19-14-12-15-20-41;/h12-31,33-38,66H,1-11H3;/q-1;/i1D3,2D3;. The van der Waals surface area contributed by atoms with E-state index in [0.29, 0.717) is 33.7 Å². The van der Waals surface area contributed by atoms with Gasteiger partial charge >= 0.3 is 0 Å². The Morgan fingerprint density at radius 1 is 0.537 bits per heavy atom. The van der Waals surface area contributed by atoms with E-state index in [9.17, 15) is 5.11 Å². The predicted molar refractivity (Wildman–Crippen MR) is 278 cm³/mol. The molecular weight excluding hydrogens is 998 g/mol. The van der Waals surface area contributed by atoms with Gasteiger partial charge in [-0.3, -0.25) is 9.55 Å². The van der Waals surface area contributed by atoms with Gasteiger partial charge in [-0.15, -0.1) is 29.3 Å². The number of fused-ring (bicyclic) bond motifs is 1. The van der Waals surface area contributed by atoms with E-state index in [-0.39, 0.29) is 54.3 Å². The first kappa shape index (κ1) is 39.8. The van der Waals surface area contributed by atoms with Crippen LogP contribution in [0.3, 0.4) is 0 Å². The summed E-state index contributed by atoms with van der Waals surface area (Å²) >= 11 is 0. The van der Waals surface area contributed by atoms with E-state index in [0.717, 1.165) is 61.3 Å². The maximum atomic E-state index is 12.5. The average molecular weight is 1060 g/mol. The minimum atomic E-state index is -2.81. The molecule has 0 atom stereocenters. The largest absolute Gasteiger partial charge is 0.507 e. The zero-order chi connectivity index (χ0) is 51.7. The molecule has 340 valence electrons. The van der Waals surface area contributed by atoms with Gasteiger partial charge in [0.05, 0.1) is 16.6 Å². The molecule has 4 nitrogen and oxygen atoms in total. The number of hydrogen-bond donors (Lipinski definition) is 1. The fraction of sp³-hybridized carbons (Fsp3) is 0.226. The SMILES string of the molecule is [2H]C([2H])([2H])c1cc(-n2c(-c3cc(C(C)(C)C)cc(C(C)(C)C)c3O)nc3c(-c4[c-]c(-c5cc(-c6ccc(-c7ccccc7)cc6)ccn5)cc(C(C)(C)C)c4)cccc32)cc(-c2ccccc2)c1C([2H])([2H])[2H].[Pt]. The molecule has 0 aliphatic rings. The van der Waals surface area contributed by atoms with Crippen LogP contribution < -0.4 is 0 Å². The van der Waals surface area contributed by atoms with Crippen molar-refractivity contribution in [3.05, 3.63) is 192 Å². The van der Waals surface area contributed by atoms with Gasteiger partial charge in [0.25, 0.3) is 0 Å². The molecular formula is C62H60N3OPt-. The number of imidazole rings is 1. The van der Waals surface area contributed by atoms with Crippen molar-refractivity contribution in [1.82, 2.24) is 14.5 Å². The van der Waals surface area contributed by atoms with Gasteiger partial charge in [-0.2, -0.15) is 0 Å². The molecule has 9 aromatic rings. The van der Waals surface area contributed by atoms with Crippen LogP contribution in [0.2, 0.25) is 0 Å². The summed E-state index contributed by atoms with van der Waals surface area (Å²) in [4.78, 5) is 10.4. The summed E-state index contributed by atoms with van der Waals surface area (Å²) < 4.78 is 54.4. The van der Waals surface area contributed by atoms with Crippen molar-refractivity contribution in [3.63, 3.8) is 0 Å². The van der Waals surface area contributed by atoms with Crippen molar-refractivity contribution < 1.29 is 34.4 Å². The Balaban J connectivity index is 0.00000711. The third-order valence-corrected chi connectivity index (χ3v) is 12.6. The number of pyridine rings is 1. The zero-order valence-electron chi connectivity index (χ0n) is 45.6. The van der Waals surface area contributed by atoms with Crippen molar-refractivity contribution in [2.24, 2.45) is 0 Å². The minimum absolute atomic E-state index is 0. The molecule has 0 fully saturated rings. The van der Waals surface area contributed by atoms with E-state index >= 15 is 0 Å². The van der Waals surface area contributed by atoms with Crippen molar-refractivity contribution in [2.75, 3.05) is 0 Å². The number of phenols is 1. The Hall–Kier alpha value is -6.35. The molecule has 0 aliphatic carbocycles. The third kappa shape index (κ3) is 9.34. The Bertz CT molecular complexity index is 3490. The molecule has 9 rings (SSSR count). The van der Waals surface area contributed by atoms with Crippen LogP contribution in [0.15, 0.2) is 158 Å². The molecule has 7 aromatic carbocycles. The van der Waals surface area contributed by atoms with Gasteiger partial charge in [0.15, 0.2) is 0 Å². The summed E-state index contributed by atoms with van der Waals surface area (Å²) in [6.45, 7) is 13.5. The van der Waals surface area contributed by atoms with Gasteiger partial charge in [0.2, 0.25) is 0 Å². The van der Waals surface area contributed by atoms with Crippen LogP contribution in [0.25, 0.3) is 83.9 Å². The van der Waals surface area contributed by atoms with Gasteiger partial charge in [-0.05, 0) is 110 Å². The van der Waals surface area contributed by atoms with E-state index in [1.807, 2.05) is 65.4 Å². The van der Waals surface area contributed by atoms with Gasteiger partial charge in [-0.1, -0.05) is 183 Å². The van der Waals surface area contributed by atoms with Gasteiger partial charge < -0.3 is 5.11 Å². The first-order valence-electron chi connectivity index (χ1n) is 25.6.